The third-order valence-corrected chi connectivity index (χ3v) is 5.40. The first kappa shape index (κ1) is 13.0. The Morgan fingerprint density at radius 1 is 1.33 bits per heavy atom. The molecule has 4 nitrogen and oxygen atoms in total. The molecule has 0 amide bonds. The summed E-state index contributed by atoms with van der Waals surface area (Å²) in [6, 6.07) is 11.2. The summed E-state index contributed by atoms with van der Waals surface area (Å²) in [7, 11) is 0. The number of nitrogens with one attached hydrogen (secondary N) is 1. The second-order valence-electron chi connectivity index (χ2n) is 5.46. The minimum atomic E-state index is 0.0849. The molecule has 0 unspecified atom stereocenters. The zero-order chi connectivity index (χ0) is 14.2. The Hall–Kier alpha value is -1.75. The maximum Gasteiger partial charge on any atom is 0.160 e. The van der Waals surface area contributed by atoms with Crippen LogP contribution in [0, 0.1) is 0 Å². The Balaban J connectivity index is 1.78. The average molecular weight is 298 g/mol. The van der Waals surface area contributed by atoms with Crippen molar-refractivity contribution >= 4 is 16.9 Å². The summed E-state index contributed by atoms with van der Waals surface area (Å²) < 4.78 is 0. The number of H-pyrrole nitrogens is 1. The predicted octanol–water partition coefficient (Wildman–Crippen LogP) is 3.39. The van der Waals surface area contributed by atoms with Gasteiger partial charge in [0.05, 0.1) is 11.7 Å². The number of aromatic nitrogens is 2. The quantitative estimate of drug-likeness (QED) is 0.944. The minimum absolute atomic E-state index is 0.0849. The van der Waals surface area contributed by atoms with Crippen LogP contribution in [0.2, 0.25) is 0 Å². The van der Waals surface area contributed by atoms with E-state index in [9.17, 15) is 0 Å². The van der Waals surface area contributed by atoms with E-state index in [0.29, 0.717) is 6.04 Å². The van der Waals surface area contributed by atoms with Crippen LogP contribution < -0.4 is 0 Å². The summed E-state index contributed by atoms with van der Waals surface area (Å²) >= 11 is 1.88. The fourth-order valence-electron chi connectivity index (χ4n) is 3.21. The summed E-state index contributed by atoms with van der Waals surface area (Å²) in [5.41, 5.74) is 2.28. The summed E-state index contributed by atoms with van der Waals surface area (Å²) in [5, 5.41) is 1.18. The van der Waals surface area contributed by atoms with Crippen LogP contribution in [-0.2, 0) is 0 Å². The molecular weight excluding hydrogens is 280 g/mol. The first-order chi connectivity index (χ1) is 10.4. The maximum atomic E-state index is 4.98. The molecule has 4 heterocycles. The number of nitrogens with zero attached hydrogens (tertiary/aromatic N) is 3. The molecule has 108 valence electrons. The van der Waals surface area contributed by atoms with Gasteiger partial charge in [-0.3, -0.25) is 9.98 Å². The third kappa shape index (κ3) is 2.07. The van der Waals surface area contributed by atoms with Crippen molar-refractivity contribution in [2.45, 2.75) is 31.5 Å². The van der Waals surface area contributed by atoms with Gasteiger partial charge in [-0.05, 0) is 30.7 Å². The van der Waals surface area contributed by atoms with Crippen LogP contribution in [0.4, 0.5) is 0 Å². The van der Waals surface area contributed by atoms with E-state index in [2.05, 4.69) is 40.0 Å². The number of thioether (sulfide) groups is 1. The lowest BCUT2D eigenvalue weighted by Crippen LogP contribution is -2.35. The molecule has 3 atom stereocenters. The van der Waals surface area contributed by atoms with Gasteiger partial charge in [-0.1, -0.05) is 24.8 Å². The number of amidine groups is 1. The van der Waals surface area contributed by atoms with Gasteiger partial charge in [0, 0.05) is 29.9 Å². The van der Waals surface area contributed by atoms with E-state index in [-0.39, 0.29) is 12.1 Å². The molecule has 5 heteroatoms. The van der Waals surface area contributed by atoms with Crippen molar-refractivity contribution in [2.24, 2.45) is 4.99 Å². The average Bonchev–Trinajstić information content (AvgIpc) is 3.23. The SMILES string of the molecule is CC[C@@H]1CSC2=N[C@H](c3ccccn3)[C@@H](c3ccc[nH]3)N21. The molecule has 4 rings (SSSR count). The Morgan fingerprint density at radius 2 is 2.29 bits per heavy atom. The maximum absolute atomic E-state index is 4.98. The molecule has 2 aromatic heterocycles. The van der Waals surface area contributed by atoms with Gasteiger partial charge in [0.15, 0.2) is 5.17 Å². The lowest BCUT2D eigenvalue weighted by molar-refractivity contribution is 0.251. The predicted molar refractivity (Wildman–Crippen MR) is 86.3 cm³/mol. The van der Waals surface area contributed by atoms with E-state index >= 15 is 0 Å². The molecule has 2 aliphatic rings. The highest BCUT2D eigenvalue weighted by Gasteiger charge is 2.45. The molecule has 0 aromatic carbocycles. The zero-order valence-electron chi connectivity index (χ0n) is 11.9. The lowest BCUT2D eigenvalue weighted by Gasteiger charge is -2.30. The van der Waals surface area contributed by atoms with Gasteiger partial charge in [0.1, 0.15) is 6.04 Å². The second-order valence-corrected chi connectivity index (χ2v) is 6.45. The van der Waals surface area contributed by atoms with Crippen LogP contribution >= 0.6 is 11.8 Å². The van der Waals surface area contributed by atoms with Crippen molar-refractivity contribution in [3.05, 3.63) is 54.1 Å². The van der Waals surface area contributed by atoms with Crippen molar-refractivity contribution in [2.75, 3.05) is 5.75 Å². The van der Waals surface area contributed by atoms with Crippen LogP contribution in [-0.4, -0.2) is 31.8 Å². The molecule has 0 bridgehead atoms. The first-order valence-electron chi connectivity index (χ1n) is 7.41. The van der Waals surface area contributed by atoms with Crippen LogP contribution in [0.3, 0.4) is 0 Å². The van der Waals surface area contributed by atoms with Gasteiger partial charge < -0.3 is 9.88 Å². The number of pyridine rings is 1. The van der Waals surface area contributed by atoms with E-state index < -0.39 is 0 Å². The van der Waals surface area contributed by atoms with Gasteiger partial charge in [-0.2, -0.15) is 0 Å². The van der Waals surface area contributed by atoms with Crippen molar-refractivity contribution in [1.82, 2.24) is 14.9 Å². The summed E-state index contributed by atoms with van der Waals surface area (Å²) in [6.45, 7) is 2.26. The van der Waals surface area contributed by atoms with E-state index in [0.717, 1.165) is 17.9 Å². The van der Waals surface area contributed by atoms with Gasteiger partial charge in [-0.15, -0.1) is 0 Å². The van der Waals surface area contributed by atoms with Gasteiger partial charge in [0.2, 0.25) is 0 Å². The highest BCUT2D eigenvalue weighted by atomic mass is 32.2. The number of aliphatic imine (C=N–C) groups is 1. The first-order valence-corrected chi connectivity index (χ1v) is 8.40. The molecule has 2 aromatic rings. The summed E-state index contributed by atoms with van der Waals surface area (Å²) in [5.74, 6) is 1.14. The van der Waals surface area contributed by atoms with E-state index in [1.165, 1.54) is 10.9 Å². The highest BCUT2D eigenvalue weighted by Crippen LogP contribution is 2.47. The Labute approximate surface area is 128 Å². The molecule has 1 saturated heterocycles. The Kier molecular flexibility index (Phi) is 3.22. The van der Waals surface area contributed by atoms with Crippen molar-refractivity contribution in [1.29, 1.82) is 0 Å². The topological polar surface area (TPSA) is 44.3 Å². The fraction of sp³-hybridized carbons (Fsp3) is 0.375. The minimum Gasteiger partial charge on any atom is -0.363 e. The summed E-state index contributed by atoms with van der Waals surface area (Å²) in [6.07, 6.45) is 5.00. The van der Waals surface area contributed by atoms with Crippen LogP contribution in [0.25, 0.3) is 0 Å². The smallest absolute Gasteiger partial charge is 0.160 e. The molecule has 0 radical (unpaired) electrons. The molecule has 1 N–H and O–H groups in total. The van der Waals surface area contributed by atoms with Gasteiger partial charge in [-0.25, -0.2) is 0 Å². The monoisotopic (exact) mass is 298 g/mol. The van der Waals surface area contributed by atoms with Gasteiger partial charge >= 0.3 is 0 Å². The Bertz CT molecular complexity index is 638. The zero-order valence-corrected chi connectivity index (χ0v) is 12.8. The fourth-order valence-corrected chi connectivity index (χ4v) is 4.55. The normalized spacial score (nSPS) is 27.8. The molecular formula is C16H18N4S. The molecule has 21 heavy (non-hydrogen) atoms. The number of aromatic amines is 1. The molecule has 0 aliphatic carbocycles. The number of fused-ring (bicyclic) bond motifs is 1. The standard InChI is InChI=1S/C16H18N4S/c1-2-11-10-21-16-19-14(12-6-3-4-8-17-12)15(20(11)16)13-7-5-9-18-13/h3-9,11,14-15,18H,2,10H2,1H3/t11-,14-,15-/m1/s1. The van der Waals surface area contributed by atoms with E-state index in [1.54, 1.807) is 0 Å². The third-order valence-electron chi connectivity index (χ3n) is 4.27. The van der Waals surface area contributed by atoms with Crippen molar-refractivity contribution in [3.63, 3.8) is 0 Å². The highest BCUT2D eigenvalue weighted by molar-refractivity contribution is 8.14. The van der Waals surface area contributed by atoms with Crippen molar-refractivity contribution in [3.8, 4) is 0 Å². The van der Waals surface area contributed by atoms with E-state index in [1.807, 2.05) is 36.3 Å². The molecule has 0 spiro atoms. The number of rotatable bonds is 3. The summed E-state index contributed by atoms with van der Waals surface area (Å²) in [4.78, 5) is 15.4. The number of hydrogen-bond donors (Lipinski definition) is 1. The largest absolute Gasteiger partial charge is 0.363 e. The Morgan fingerprint density at radius 3 is 3.00 bits per heavy atom. The van der Waals surface area contributed by atoms with Crippen LogP contribution in [0.15, 0.2) is 47.7 Å². The van der Waals surface area contributed by atoms with Crippen LogP contribution in [0.5, 0.6) is 0 Å². The second kappa shape index (κ2) is 5.22. The molecule has 0 saturated carbocycles. The van der Waals surface area contributed by atoms with Crippen molar-refractivity contribution < 1.29 is 0 Å². The van der Waals surface area contributed by atoms with Gasteiger partial charge in [0.25, 0.3) is 0 Å². The van der Waals surface area contributed by atoms with E-state index in [4.69, 9.17) is 4.99 Å². The number of hydrogen-bond acceptors (Lipinski definition) is 4. The molecule has 2 aliphatic heterocycles. The van der Waals surface area contributed by atoms with Crippen LogP contribution in [0.1, 0.15) is 36.8 Å². The molecule has 1 fully saturated rings. The lowest BCUT2D eigenvalue weighted by atomic mass is 10.00.